The van der Waals surface area contributed by atoms with Crippen LogP contribution in [0, 0.1) is 5.82 Å². The summed E-state index contributed by atoms with van der Waals surface area (Å²) in [4.78, 5) is 69.0. The Kier molecular flexibility index (Phi) is 12.4. The lowest BCUT2D eigenvalue weighted by atomic mass is 9.95. The molecule has 2 saturated heterocycles. The molecule has 19 heteroatoms. The minimum absolute atomic E-state index is 0.0232. The number of fused-ring (bicyclic) bond motifs is 2. The Morgan fingerprint density at radius 1 is 0.910 bits per heavy atom. The molecule has 3 aliphatic heterocycles. The van der Waals surface area contributed by atoms with Gasteiger partial charge in [-0.15, -0.1) is 0 Å². The Labute approximate surface area is 387 Å². The lowest BCUT2D eigenvalue weighted by Crippen LogP contribution is -2.44. The smallest absolute Gasteiger partial charge is 0.425 e. The number of nitrogens with one attached hydrogen (secondary N) is 1. The van der Waals surface area contributed by atoms with Gasteiger partial charge < -0.3 is 28.6 Å². The summed E-state index contributed by atoms with van der Waals surface area (Å²) in [5.74, 6) is -0.713. The predicted octanol–water partition coefficient (Wildman–Crippen LogP) is 9.71. The van der Waals surface area contributed by atoms with Gasteiger partial charge >= 0.3 is 24.3 Å². The molecule has 0 spiro atoms. The van der Waals surface area contributed by atoms with Crippen LogP contribution < -0.4 is 24.6 Å². The van der Waals surface area contributed by atoms with Gasteiger partial charge in [0.15, 0.2) is 5.82 Å². The average molecular weight is 926 g/mol. The van der Waals surface area contributed by atoms with E-state index in [1.807, 2.05) is 11.8 Å². The van der Waals surface area contributed by atoms with Crippen LogP contribution in [0.4, 0.5) is 40.6 Å². The second-order valence-corrected chi connectivity index (χ2v) is 20.1. The molecule has 0 radical (unpaired) electrons. The summed E-state index contributed by atoms with van der Waals surface area (Å²) in [6.07, 6.45) is -0.430. The summed E-state index contributed by atoms with van der Waals surface area (Å²) in [5.41, 5.74) is -3.37. The van der Waals surface area contributed by atoms with Gasteiger partial charge in [-0.25, -0.2) is 38.1 Å². The largest absolute Gasteiger partial charge is 0.475 e. The van der Waals surface area contributed by atoms with E-state index >= 15 is 4.39 Å². The molecule has 5 aromatic rings. The number of halogens is 2. The number of benzene rings is 1. The van der Waals surface area contributed by atoms with E-state index in [0.29, 0.717) is 34.2 Å². The summed E-state index contributed by atoms with van der Waals surface area (Å²) < 4.78 is 62.5. The van der Waals surface area contributed by atoms with Crippen molar-refractivity contribution in [2.75, 3.05) is 48.0 Å². The Hall–Kier alpha value is -6.50. The van der Waals surface area contributed by atoms with Crippen molar-refractivity contribution in [3.8, 4) is 23.3 Å². The van der Waals surface area contributed by atoms with Crippen LogP contribution in [0.3, 0.4) is 0 Å². The number of aromatic nitrogens is 5. The number of anilines is 3. The fourth-order valence-electron chi connectivity index (χ4n) is 8.79. The molecule has 0 aliphatic carbocycles. The summed E-state index contributed by atoms with van der Waals surface area (Å²) in [6, 6.07) is 11.2. The number of imide groups is 1. The first-order valence-electron chi connectivity index (χ1n) is 22.4. The monoisotopic (exact) mass is 925 g/mol. The van der Waals surface area contributed by atoms with Crippen LogP contribution in [-0.4, -0.2) is 109 Å². The summed E-state index contributed by atoms with van der Waals surface area (Å²) in [7, 11) is 0. The van der Waals surface area contributed by atoms with E-state index in [1.54, 1.807) is 105 Å². The third-order valence-electron chi connectivity index (χ3n) is 11.5. The maximum absolute atomic E-state index is 18.0. The lowest BCUT2D eigenvalue weighted by molar-refractivity contribution is 0.0428. The molecule has 7 heterocycles. The molecule has 1 aromatic carbocycles. The maximum Gasteiger partial charge on any atom is 0.425 e. The standard InChI is InChI=1S/C48H57F2N9O8/c1-27(30-17-13-19-51-38(30)55-42(60)65-45(2,3)4)58-21-22-63-40-33-36(54-41(56-39(33)58)64-26-48-18-14-20-57(48)25-29(49)24-48)34(50)37(53-40)35-31-16-12-11-15-28(31)23-32(52-35)59(43(61)66-46(5,6)7)44(62)67-47(8,9)10/h11-13,15-17,19,23,27,29H,14,18,20-22,24-26H2,1-10H3,(H,51,55,60)/t27-,29-,48+/m1/s1. The van der Waals surface area contributed by atoms with Gasteiger partial charge in [-0.1, -0.05) is 30.3 Å². The minimum Gasteiger partial charge on any atom is -0.475 e. The highest BCUT2D eigenvalue weighted by molar-refractivity contribution is 6.11. The number of ether oxygens (including phenoxy) is 5. The fraction of sp³-hybridized carbons (Fsp3) is 0.500. The minimum atomic E-state index is -1.06. The van der Waals surface area contributed by atoms with Crippen LogP contribution in [0.25, 0.3) is 33.1 Å². The summed E-state index contributed by atoms with van der Waals surface area (Å²) in [6.45, 7) is 18.4. The number of carbonyl (C=O) groups is 3. The first kappa shape index (κ1) is 47.0. The van der Waals surface area contributed by atoms with E-state index in [4.69, 9.17) is 38.6 Å². The molecule has 4 aromatic heterocycles. The molecule has 0 saturated carbocycles. The average Bonchev–Trinajstić information content (AvgIpc) is 3.68. The molecule has 8 rings (SSSR count). The van der Waals surface area contributed by atoms with Crippen LogP contribution in [0.5, 0.6) is 11.9 Å². The molecule has 3 aliphatic rings. The molecule has 3 amide bonds. The molecule has 0 bridgehead atoms. The number of nitrogens with zero attached hydrogens (tertiary/aromatic N) is 8. The van der Waals surface area contributed by atoms with Crippen LogP contribution in [0.1, 0.15) is 100 Å². The van der Waals surface area contributed by atoms with E-state index < -0.39 is 58.7 Å². The lowest BCUT2D eigenvalue weighted by Gasteiger charge is -2.32. The van der Waals surface area contributed by atoms with Gasteiger partial charge in [0.2, 0.25) is 5.88 Å². The first-order chi connectivity index (χ1) is 31.5. The molecule has 3 atom stereocenters. The van der Waals surface area contributed by atoms with Crippen LogP contribution >= 0.6 is 0 Å². The number of hydrogen-bond acceptors (Lipinski definition) is 15. The van der Waals surface area contributed by atoms with Crippen molar-refractivity contribution >= 4 is 57.4 Å². The molecule has 17 nitrogen and oxygen atoms in total. The number of amides is 3. The Morgan fingerprint density at radius 3 is 2.31 bits per heavy atom. The van der Waals surface area contributed by atoms with Gasteiger partial charge in [0.1, 0.15) is 75.9 Å². The van der Waals surface area contributed by atoms with Gasteiger partial charge in [-0.3, -0.25) is 10.2 Å². The zero-order chi connectivity index (χ0) is 48.2. The number of rotatable bonds is 8. The quantitative estimate of drug-likeness (QED) is 0.145. The molecule has 2 fully saturated rings. The number of pyridine rings is 3. The normalized spacial score (nSPS) is 19.0. The number of hydrogen-bond donors (Lipinski definition) is 1. The fourth-order valence-corrected chi connectivity index (χ4v) is 8.79. The van der Waals surface area contributed by atoms with Crippen molar-refractivity contribution in [1.29, 1.82) is 0 Å². The van der Waals surface area contributed by atoms with Gasteiger partial charge in [0.25, 0.3) is 0 Å². The van der Waals surface area contributed by atoms with Crippen LogP contribution in [0.15, 0.2) is 48.7 Å². The molecular formula is C48H57F2N9O8. The molecule has 356 valence electrons. The predicted molar refractivity (Wildman–Crippen MR) is 247 cm³/mol. The van der Waals surface area contributed by atoms with E-state index in [9.17, 15) is 18.8 Å². The third-order valence-corrected chi connectivity index (χ3v) is 11.5. The van der Waals surface area contributed by atoms with Gasteiger partial charge in [0, 0.05) is 30.1 Å². The maximum atomic E-state index is 18.0. The SMILES string of the molecule is C[C@H](c1cccnc1NC(=O)OC(C)(C)C)N1CCOc2nc(-c3nc(N(C(=O)OC(C)(C)C)C(=O)OC(C)(C)C)cc4ccccc34)c(F)c3nc(OC[C@@]45CCCN4C[C@H](F)C5)nc1c23. The highest BCUT2D eigenvalue weighted by Gasteiger charge is 2.49. The van der Waals surface area contributed by atoms with Gasteiger partial charge in [-0.05, 0) is 106 Å². The number of alkyl halides is 1. The second kappa shape index (κ2) is 17.6. The van der Waals surface area contributed by atoms with Crippen molar-refractivity contribution < 1.29 is 46.8 Å². The highest BCUT2D eigenvalue weighted by Crippen LogP contribution is 2.45. The van der Waals surface area contributed by atoms with Crippen LogP contribution in [0.2, 0.25) is 0 Å². The van der Waals surface area contributed by atoms with Crippen molar-refractivity contribution in [1.82, 2.24) is 29.8 Å². The topological polar surface area (TPSA) is 184 Å². The van der Waals surface area contributed by atoms with Gasteiger partial charge in [-0.2, -0.15) is 14.9 Å². The first-order valence-corrected chi connectivity index (χ1v) is 22.4. The molecular weight excluding hydrogens is 869 g/mol. The Balaban J connectivity index is 1.30. The molecule has 0 unspecified atom stereocenters. The zero-order valence-corrected chi connectivity index (χ0v) is 39.5. The second-order valence-electron chi connectivity index (χ2n) is 20.1. The van der Waals surface area contributed by atoms with Crippen molar-refractivity contribution in [2.45, 2.75) is 123 Å². The summed E-state index contributed by atoms with van der Waals surface area (Å²) in [5, 5.41) is 3.80. The Morgan fingerprint density at radius 2 is 1.61 bits per heavy atom. The summed E-state index contributed by atoms with van der Waals surface area (Å²) >= 11 is 0. The highest BCUT2D eigenvalue weighted by atomic mass is 19.1. The molecule has 1 N–H and O–H groups in total. The zero-order valence-electron chi connectivity index (χ0n) is 39.5. The van der Waals surface area contributed by atoms with Crippen molar-refractivity contribution in [3.05, 3.63) is 60.0 Å². The van der Waals surface area contributed by atoms with Crippen LogP contribution in [-0.2, 0) is 14.2 Å². The van der Waals surface area contributed by atoms with E-state index in [2.05, 4.69) is 20.2 Å². The number of carbonyl (C=O) groups excluding carboxylic acids is 3. The molecule has 67 heavy (non-hydrogen) atoms. The van der Waals surface area contributed by atoms with Gasteiger partial charge in [0.05, 0.1) is 18.1 Å². The van der Waals surface area contributed by atoms with E-state index in [-0.39, 0.29) is 77.8 Å². The Bertz CT molecular complexity index is 2710. The van der Waals surface area contributed by atoms with E-state index in [0.717, 1.165) is 13.0 Å². The van der Waals surface area contributed by atoms with Crippen molar-refractivity contribution in [3.63, 3.8) is 0 Å². The third kappa shape index (κ3) is 9.97. The van der Waals surface area contributed by atoms with E-state index in [1.165, 1.54) is 6.07 Å². The van der Waals surface area contributed by atoms with Crippen molar-refractivity contribution in [2.24, 2.45) is 0 Å².